The summed E-state index contributed by atoms with van der Waals surface area (Å²) in [6.07, 6.45) is 1.11. The Hall–Kier alpha value is -0.376. The molecule has 0 heterocycles. The van der Waals surface area contributed by atoms with E-state index in [9.17, 15) is 4.79 Å². The first kappa shape index (κ1) is 27.7. The van der Waals surface area contributed by atoms with Gasteiger partial charge in [0.2, 0.25) is 8.32 Å². The lowest BCUT2D eigenvalue weighted by Gasteiger charge is -2.45. The molecule has 0 saturated heterocycles. The molecule has 1 amide bonds. The molecule has 5 nitrogen and oxygen atoms in total. The van der Waals surface area contributed by atoms with Gasteiger partial charge in [-0.25, -0.2) is 4.79 Å². The molecule has 0 unspecified atom stereocenters. The Bertz CT molecular complexity index is 536. The van der Waals surface area contributed by atoms with Gasteiger partial charge in [-0.1, -0.05) is 62.3 Å². The van der Waals surface area contributed by atoms with Gasteiger partial charge in [0.25, 0.3) is 0 Å². The normalized spacial score (nSPS) is 23.6. The molecule has 7 heteroatoms. The summed E-state index contributed by atoms with van der Waals surface area (Å²) in [5.74, 6) is 0.653. The molecule has 30 heavy (non-hydrogen) atoms. The highest BCUT2D eigenvalue weighted by Crippen LogP contribution is 2.47. The van der Waals surface area contributed by atoms with Gasteiger partial charge >= 0.3 is 6.09 Å². The maximum Gasteiger partial charge on any atom is 0.404 e. The van der Waals surface area contributed by atoms with Crippen LogP contribution in [0.4, 0.5) is 4.79 Å². The SMILES string of the molecule is CC(C)[Si](O[C@H]1C[C@H](CNC(=O)O)C[C@@H]1CO[Si](C)(C)C(C)(C)C)(C(C)C)C(C)C. The number of carbonyl (C=O) groups is 1. The number of rotatable bonds is 10. The number of carboxylic acid groups (broad SMARTS) is 1. The van der Waals surface area contributed by atoms with Gasteiger partial charge in [0, 0.05) is 19.1 Å². The highest BCUT2D eigenvalue weighted by molar-refractivity contribution is 6.77. The van der Waals surface area contributed by atoms with Crippen molar-refractivity contribution in [1.29, 1.82) is 0 Å². The second-order valence-corrected chi connectivity index (χ2v) is 22.0. The van der Waals surface area contributed by atoms with Gasteiger partial charge in [-0.05, 0) is 53.5 Å². The summed E-state index contributed by atoms with van der Waals surface area (Å²) in [5.41, 5.74) is 1.61. The van der Waals surface area contributed by atoms with Crippen molar-refractivity contribution in [3.8, 4) is 0 Å². The largest absolute Gasteiger partial charge is 0.465 e. The standard InChI is InChI=1S/C23H49NO4Si2/c1-16(2)30(17(3)4,18(5)6)28-21-13-19(14-24-22(25)26)12-20(21)15-27-29(10,11)23(7,8)9/h16-21,24H,12-15H2,1-11H3,(H,25,26)/t19-,20-,21+/m1/s1. The summed E-state index contributed by atoms with van der Waals surface area (Å²) in [5, 5.41) is 11.8. The lowest BCUT2D eigenvalue weighted by atomic mass is 10.1. The van der Waals surface area contributed by atoms with E-state index in [0.29, 0.717) is 35.0 Å². The van der Waals surface area contributed by atoms with Gasteiger partial charge < -0.3 is 19.3 Å². The minimum atomic E-state index is -2.00. The number of hydrogen-bond acceptors (Lipinski definition) is 3. The van der Waals surface area contributed by atoms with E-state index in [2.05, 4.69) is 80.7 Å². The average molecular weight is 460 g/mol. The molecule has 1 fully saturated rings. The van der Waals surface area contributed by atoms with Crippen molar-refractivity contribution in [2.24, 2.45) is 11.8 Å². The molecule has 1 aliphatic carbocycles. The molecule has 0 spiro atoms. The van der Waals surface area contributed by atoms with E-state index in [1.165, 1.54) is 0 Å². The molecule has 0 aromatic carbocycles. The van der Waals surface area contributed by atoms with Crippen LogP contribution in [0.5, 0.6) is 0 Å². The zero-order valence-electron chi connectivity index (χ0n) is 21.5. The average Bonchev–Trinajstić information content (AvgIpc) is 2.95. The van der Waals surface area contributed by atoms with Gasteiger partial charge in [0.05, 0.1) is 6.10 Å². The van der Waals surface area contributed by atoms with Crippen molar-refractivity contribution in [3.05, 3.63) is 0 Å². The molecule has 178 valence electrons. The van der Waals surface area contributed by atoms with Crippen molar-refractivity contribution >= 4 is 22.7 Å². The van der Waals surface area contributed by atoms with E-state index in [1.807, 2.05) is 0 Å². The summed E-state index contributed by atoms with van der Waals surface area (Å²) >= 11 is 0. The molecular weight excluding hydrogens is 410 g/mol. The lowest BCUT2D eigenvalue weighted by molar-refractivity contribution is 0.0968. The quantitative estimate of drug-likeness (QED) is 0.350. The van der Waals surface area contributed by atoms with E-state index >= 15 is 0 Å². The van der Waals surface area contributed by atoms with Crippen LogP contribution in [0.15, 0.2) is 0 Å². The van der Waals surface area contributed by atoms with Gasteiger partial charge in [-0.3, -0.25) is 0 Å². The zero-order valence-corrected chi connectivity index (χ0v) is 23.5. The maximum atomic E-state index is 11.0. The van der Waals surface area contributed by atoms with E-state index < -0.39 is 22.7 Å². The minimum Gasteiger partial charge on any atom is -0.465 e. The van der Waals surface area contributed by atoms with Crippen LogP contribution in [0, 0.1) is 11.8 Å². The predicted octanol–water partition coefficient (Wildman–Crippen LogP) is 6.86. The third-order valence-corrected chi connectivity index (χ3v) is 18.4. The lowest BCUT2D eigenvalue weighted by Crippen LogP contribution is -2.51. The van der Waals surface area contributed by atoms with Crippen molar-refractivity contribution in [3.63, 3.8) is 0 Å². The predicted molar refractivity (Wildman–Crippen MR) is 131 cm³/mol. The topological polar surface area (TPSA) is 67.8 Å². The summed E-state index contributed by atoms with van der Waals surface area (Å²) < 4.78 is 13.8. The first-order valence-corrected chi connectivity index (χ1v) is 16.9. The molecule has 0 radical (unpaired) electrons. The van der Waals surface area contributed by atoms with Crippen LogP contribution in [0.3, 0.4) is 0 Å². The van der Waals surface area contributed by atoms with Crippen LogP contribution in [0.2, 0.25) is 34.8 Å². The van der Waals surface area contributed by atoms with Crippen molar-refractivity contribution in [1.82, 2.24) is 5.32 Å². The summed E-state index contributed by atoms with van der Waals surface area (Å²) in [6.45, 7) is 26.6. The second-order valence-electron chi connectivity index (χ2n) is 11.8. The Morgan fingerprint density at radius 2 is 1.53 bits per heavy atom. The summed E-state index contributed by atoms with van der Waals surface area (Å²) in [4.78, 5) is 11.0. The van der Waals surface area contributed by atoms with Crippen molar-refractivity contribution in [2.45, 2.75) is 116 Å². The first-order valence-electron chi connectivity index (χ1n) is 11.8. The smallest absolute Gasteiger partial charge is 0.404 e. The van der Waals surface area contributed by atoms with Crippen LogP contribution >= 0.6 is 0 Å². The Kier molecular flexibility index (Phi) is 9.67. The Labute approximate surface area is 188 Å². The minimum absolute atomic E-state index is 0.161. The molecule has 0 aromatic rings. The van der Waals surface area contributed by atoms with Crippen LogP contribution in [-0.2, 0) is 8.85 Å². The van der Waals surface area contributed by atoms with Crippen LogP contribution in [0.1, 0.15) is 75.2 Å². The van der Waals surface area contributed by atoms with Gasteiger partial charge in [0.1, 0.15) is 0 Å². The maximum absolute atomic E-state index is 11.0. The van der Waals surface area contributed by atoms with Gasteiger partial charge in [0.15, 0.2) is 8.32 Å². The van der Waals surface area contributed by atoms with Gasteiger partial charge in [-0.15, -0.1) is 0 Å². The van der Waals surface area contributed by atoms with Crippen LogP contribution in [-0.4, -0.2) is 47.1 Å². The number of hydrogen-bond donors (Lipinski definition) is 2. The summed E-state index contributed by atoms with van der Waals surface area (Å²) in [6, 6.07) is 0. The monoisotopic (exact) mass is 459 g/mol. The summed E-state index contributed by atoms with van der Waals surface area (Å²) in [7, 11) is -3.84. The molecule has 1 saturated carbocycles. The highest BCUT2D eigenvalue weighted by Gasteiger charge is 2.50. The van der Waals surface area contributed by atoms with E-state index in [-0.39, 0.29) is 11.1 Å². The second kappa shape index (κ2) is 10.5. The fraction of sp³-hybridized carbons (Fsp3) is 0.957. The third-order valence-electron chi connectivity index (χ3n) is 7.80. The van der Waals surface area contributed by atoms with E-state index in [1.54, 1.807) is 0 Å². The third kappa shape index (κ3) is 6.56. The number of amides is 1. The fourth-order valence-electron chi connectivity index (χ4n) is 5.12. The number of nitrogens with one attached hydrogen (secondary N) is 1. The molecule has 1 rings (SSSR count). The molecule has 2 N–H and O–H groups in total. The van der Waals surface area contributed by atoms with E-state index in [0.717, 1.165) is 19.4 Å². The first-order chi connectivity index (χ1) is 13.5. The van der Waals surface area contributed by atoms with Crippen LogP contribution in [0.25, 0.3) is 0 Å². The molecule has 0 aromatic heterocycles. The van der Waals surface area contributed by atoms with Crippen molar-refractivity contribution in [2.75, 3.05) is 13.2 Å². The van der Waals surface area contributed by atoms with E-state index in [4.69, 9.17) is 14.0 Å². The van der Waals surface area contributed by atoms with Crippen molar-refractivity contribution < 1.29 is 18.8 Å². The fourth-order valence-corrected chi connectivity index (χ4v) is 11.8. The molecule has 0 bridgehead atoms. The molecular formula is C23H49NO4Si2. The molecule has 3 atom stereocenters. The zero-order chi connectivity index (χ0) is 23.5. The Morgan fingerprint density at radius 3 is 1.93 bits per heavy atom. The Morgan fingerprint density at radius 1 is 1.03 bits per heavy atom. The molecule has 1 aliphatic rings. The highest BCUT2D eigenvalue weighted by atomic mass is 28.4. The molecule has 0 aliphatic heterocycles. The Balaban J connectivity index is 3.07. The van der Waals surface area contributed by atoms with Gasteiger partial charge in [-0.2, -0.15) is 0 Å². The van der Waals surface area contributed by atoms with Crippen LogP contribution < -0.4 is 5.32 Å².